The van der Waals surface area contributed by atoms with Crippen molar-refractivity contribution in [2.45, 2.75) is 12.8 Å². The predicted molar refractivity (Wildman–Crippen MR) is 91.2 cm³/mol. The normalized spacial score (nSPS) is 11.0. The summed E-state index contributed by atoms with van der Waals surface area (Å²) >= 11 is 0. The number of amides is 1. The van der Waals surface area contributed by atoms with Crippen LogP contribution in [0, 0.1) is 11.6 Å². The Morgan fingerprint density at radius 3 is 2.64 bits per heavy atom. The Morgan fingerprint density at radius 1 is 1.23 bits per heavy atom. The number of hydrogen-bond acceptors (Lipinski definition) is 4. The second-order valence-corrected chi connectivity index (χ2v) is 7.77. The number of rotatable bonds is 10. The maximum atomic E-state index is 13.4. The molecule has 1 N–H and O–H groups in total. The highest BCUT2D eigenvalue weighted by molar-refractivity contribution is 8.76. The van der Waals surface area contributed by atoms with Gasteiger partial charge in [0.05, 0.1) is 6.42 Å². The summed E-state index contributed by atoms with van der Waals surface area (Å²) in [5.41, 5.74) is 0.215. The summed E-state index contributed by atoms with van der Waals surface area (Å²) < 4.78 is 26.2. The van der Waals surface area contributed by atoms with Gasteiger partial charge in [-0.1, -0.05) is 27.7 Å². The molecule has 1 amide bonds. The van der Waals surface area contributed by atoms with E-state index in [1.165, 1.54) is 6.07 Å². The van der Waals surface area contributed by atoms with Gasteiger partial charge < -0.3 is 10.2 Å². The van der Waals surface area contributed by atoms with Gasteiger partial charge in [0.15, 0.2) is 0 Å². The maximum Gasteiger partial charge on any atom is 0.224 e. The topological polar surface area (TPSA) is 32.3 Å². The monoisotopic (exact) mass is 348 g/mol. The average Bonchev–Trinajstić information content (AvgIpc) is 2.44. The molecule has 0 saturated carbocycles. The molecule has 22 heavy (non-hydrogen) atoms. The predicted octanol–water partition coefficient (Wildman–Crippen LogP) is 2.96. The molecule has 3 nitrogen and oxygen atoms in total. The Kier molecular flexibility index (Phi) is 9.50. The number of carbonyl (C=O) groups excluding carboxylic acids is 1. The van der Waals surface area contributed by atoms with Crippen LogP contribution in [0.15, 0.2) is 18.2 Å². The fourth-order valence-corrected chi connectivity index (χ4v) is 3.82. The van der Waals surface area contributed by atoms with Crippen molar-refractivity contribution < 1.29 is 13.6 Å². The minimum absolute atomic E-state index is 0.0587. The van der Waals surface area contributed by atoms with Crippen LogP contribution in [0.2, 0.25) is 0 Å². The fraction of sp³-hybridized carbons (Fsp3) is 0.533. The summed E-state index contributed by atoms with van der Waals surface area (Å²) in [6.45, 7) is 1.63. The zero-order chi connectivity index (χ0) is 16.4. The highest BCUT2D eigenvalue weighted by Crippen LogP contribution is 2.21. The molecule has 0 saturated heterocycles. The summed E-state index contributed by atoms with van der Waals surface area (Å²) in [4.78, 5) is 13.8. The first-order valence-electron chi connectivity index (χ1n) is 7.09. The van der Waals surface area contributed by atoms with E-state index in [2.05, 4.69) is 10.2 Å². The molecular formula is C15H22F2N2OS2. The van der Waals surface area contributed by atoms with Crippen molar-refractivity contribution >= 4 is 27.5 Å². The van der Waals surface area contributed by atoms with Crippen LogP contribution in [0.5, 0.6) is 0 Å². The highest BCUT2D eigenvalue weighted by Gasteiger charge is 2.08. The van der Waals surface area contributed by atoms with E-state index in [1.807, 2.05) is 24.9 Å². The van der Waals surface area contributed by atoms with E-state index in [0.29, 0.717) is 6.54 Å². The van der Waals surface area contributed by atoms with Crippen LogP contribution in [0.3, 0.4) is 0 Å². The Bertz CT molecular complexity index is 473. The van der Waals surface area contributed by atoms with Gasteiger partial charge in [0.1, 0.15) is 11.6 Å². The minimum atomic E-state index is -0.678. The quantitative estimate of drug-likeness (QED) is 0.520. The fourth-order valence-electron chi connectivity index (χ4n) is 1.60. The molecule has 0 aliphatic heterocycles. The van der Waals surface area contributed by atoms with E-state index in [-0.39, 0.29) is 17.9 Å². The van der Waals surface area contributed by atoms with Crippen molar-refractivity contribution in [1.82, 2.24) is 10.2 Å². The average molecular weight is 348 g/mol. The van der Waals surface area contributed by atoms with Gasteiger partial charge in [0, 0.05) is 30.7 Å². The lowest BCUT2D eigenvalue weighted by molar-refractivity contribution is -0.120. The van der Waals surface area contributed by atoms with Gasteiger partial charge in [-0.05, 0) is 32.1 Å². The van der Waals surface area contributed by atoms with Crippen LogP contribution < -0.4 is 5.32 Å². The number of hydrogen-bond donors (Lipinski definition) is 1. The number of nitrogens with zero attached hydrogens (tertiary/aromatic N) is 1. The van der Waals surface area contributed by atoms with Gasteiger partial charge in [-0.2, -0.15) is 0 Å². The van der Waals surface area contributed by atoms with Crippen molar-refractivity contribution in [3.8, 4) is 0 Å². The van der Waals surface area contributed by atoms with Crippen LogP contribution in [-0.4, -0.2) is 49.5 Å². The van der Waals surface area contributed by atoms with Gasteiger partial charge in [0.25, 0.3) is 0 Å². The number of benzene rings is 1. The van der Waals surface area contributed by atoms with Gasteiger partial charge in [0.2, 0.25) is 5.91 Å². The summed E-state index contributed by atoms with van der Waals surface area (Å²) in [7, 11) is 7.71. The smallest absolute Gasteiger partial charge is 0.224 e. The molecule has 0 unspecified atom stereocenters. The zero-order valence-corrected chi connectivity index (χ0v) is 14.5. The third kappa shape index (κ3) is 8.60. The van der Waals surface area contributed by atoms with Crippen molar-refractivity contribution in [1.29, 1.82) is 0 Å². The second-order valence-electron chi connectivity index (χ2n) is 5.06. The lowest BCUT2D eigenvalue weighted by Gasteiger charge is -2.08. The first kappa shape index (κ1) is 19.3. The van der Waals surface area contributed by atoms with E-state index in [0.717, 1.165) is 36.6 Å². The van der Waals surface area contributed by atoms with Crippen molar-refractivity contribution in [3.63, 3.8) is 0 Å². The third-order valence-electron chi connectivity index (χ3n) is 2.80. The zero-order valence-electron chi connectivity index (χ0n) is 12.9. The molecule has 0 aliphatic carbocycles. The first-order chi connectivity index (χ1) is 10.5. The van der Waals surface area contributed by atoms with E-state index in [4.69, 9.17) is 0 Å². The molecule has 0 heterocycles. The molecule has 124 valence electrons. The summed E-state index contributed by atoms with van der Waals surface area (Å²) in [5.74, 6) is 0.487. The van der Waals surface area contributed by atoms with E-state index < -0.39 is 11.6 Å². The Hall–Kier alpha value is -0.790. The number of carbonyl (C=O) groups is 1. The molecule has 7 heteroatoms. The third-order valence-corrected chi connectivity index (χ3v) is 5.27. The first-order valence-corrected chi connectivity index (χ1v) is 9.57. The summed E-state index contributed by atoms with van der Waals surface area (Å²) in [5, 5.41) is 2.75. The highest BCUT2D eigenvalue weighted by atomic mass is 33.1. The van der Waals surface area contributed by atoms with Crippen molar-refractivity contribution in [3.05, 3.63) is 35.4 Å². The molecule has 0 atom stereocenters. The van der Waals surface area contributed by atoms with Crippen LogP contribution in [0.1, 0.15) is 12.0 Å². The van der Waals surface area contributed by atoms with Crippen molar-refractivity contribution in [2.24, 2.45) is 0 Å². The molecule has 0 aromatic heterocycles. The SMILES string of the molecule is CN(C)CCSSCCCNC(=O)Cc1ccc(F)cc1F. The molecule has 1 rings (SSSR count). The Labute approximate surface area is 138 Å². The van der Waals surface area contributed by atoms with E-state index >= 15 is 0 Å². The molecular weight excluding hydrogens is 326 g/mol. The molecule has 0 fully saturated rings. The second kappa shape index (κ2) is 10.9. The van der Waals surface area contributed by atoms with E-state index in [1.54, 1.807) is 10.8 Å². The van der Waals surface area contributed by atoms with Crippen LogP contribution in [0.25, 0.3) is 0 Å². The molecule has 0 radical (unpaired) electrons. The standard InChI is InChI=1S/C15H22F2N2OS2/c1-19(2)7-9-22-21-8-3-6-18-15(20)10-12-4-5-13(16)11-14(12)17/h4-5,11H,3,6-10H2,1-2H3,(H,18,20). The van der Waals surface area contributed by atoms with Crippen LogP contribution >= 0.6 is 21.6 Å². The molecule has 0 bridgehead atoms. The molecule has 1 aromatic carbocycles. The van der Waals surface area contributed by atoms with Gasteiger partial charge in [-0.3, -0.25) is 4.79 Å². The lowest BCUT2D eigenvalue weighted by atomic mass is 10.1. The lowest BCUT2D eigenvalue weighted by Crippen LogP contribution is -2.26. The molecule has 0 spiro atoms. The Morgan fingerprint density at radius 2 is 1.95 bits per heavy atom. The summed E-state index contributed by atoms with van der Waals surface area (Å²) in [6.07, 6.45) is 0.814. The van der Waals surface area contributed by atoms with Crippen molar-refractivity contribution in [2.75, 3.05) is 38.7 Å². The largest absolute Gasteiger partial charge is 0.356 e. The Balaban J connectivity index is 2.09. The van der Waals surface area contributed by atoms with Crippen LogP contribution in [0.4, 0.5) is 8.78 Å². The van der Waals surface area contributed by atoms with Gasteiger partial charge in [-0.25, -0.2) is 8.78 Å². The van der Waals surface area contributed by atoms with E-state index in [9.17, 15) is 13.6 Å². The van der Waals surface area contributed by atoms with Gasteiger partial charge in [-0.15, -0.1) is 0 Å². The maximum absolute atomic E-state index is 13.4. The molecule has 1 aromatic rings. The van der Waals surface area contributed by atoms with Crippen LogP contribution in [-0.2, 0) is 11.2 Å². The van der Waals surface area contributed by atoms with Gasteiger partial charge >= 0.3 is 0 Å². The summed E-state index contributed by atoms with van der Waals surface area (Å²) in [6, 6.07) is 3.26. The number of halogens is 2. The molecule has 0 aliphatic rings. The number of nitrogens with one attached hydrogen (secondary N) is 1. The minimum Gasteiger partial charge on any atom is -0.356 e.